The Kier molecular flexibility index (Phi) is 5.54. The SMILES string of the molecule is CC(Sc1ccccc1C(=O)O)C(=O)Nc1cccc([N+](=O)[O-])c1. The minimum atomic E-state index is -1.07. The number of hydrogen-bond acceptors (Lipinski definition) is 5. The molecule has 0 bridgehead atoms. The molecule has 24 heavy (non-hydrogen) atoms. The van der Waals surface area contributed by atoms with Crippen LogP contribution in [-0.2, 0) is 4.79 Å². The number of carboxylic acids is 1. The molecule has 0 aliphatic heterocycles. The summed E-state index contributed by atoms with van der Waals surface area (Å²) in [6.45, 7) is 1.63. The molecule has 0 saturated carbocycles. The number of benzene rings is 2. The monoisotopic (exact) mass is 346 g/mol. The first-order chi connectivity index (χ1) is 11.4. The third kappa shape index (κ3) is 4.32. The van der Waals surface area contributed by atoms with E-state index >= 15 is 0 Å². The molecule has 2 aromatic rings. The summed E-state index contributed by atoms with van der Waals surface area (Å²) in [5, 5.41) is 21.9. The zero-order chi connectivity index (χ0) is 17.7. The Morgan fingerprint density at radius 2 is 1.92 bits per heavy atom. The van der Waals surface area contributed by atoms with Crippen LogP contribution in [0.25, 0.3) is 0 Å². The lowest BCUT2D eigenvalue weighted by Crippen LogP contribution is -2.22. The van der Waals surface area contributed by atoms with E-state index in [-0.39, 0.29) is 17.2 Å². The molecule has 0 aromatic heterocycles. The maximum Gasteiger partial charge on any atom is 0.336 e. The largest absolute Gasteiger partial charge is 0.478 e. The van der Waals surface area contributed by atoms with E-state index in [1.165, 1.54) is 24.3 Å². The summed E-state index contributed by atoms with van der Waals surface area (Å²) >= 11 is 1.11. The Hall–Kier alpha value is -2.87. The molecule has 0 saturated heterocycles. The van der Waals surface area contributed by atoms with Gasteiger partial charge in [-0.25, -0.2) is 4.79 Å². The number of nitrogens with zero attached hydrogens (tertiary/aromatic N) is 1. The van der Waals surface area contributed by atoms with Crippen LogP contribution >= 0.6 is 11.8 Å². The lowest BCUT2D eigenvalue weighted by atomic mass is 10.2. The van der Waals surface area contributed by atoms with E-state index in [1.807, 2.05) is 0 Å². The van der Waals surface area contributed by atoms with Gasteiger partial charge in [0.15, 0.2) is 0 Å². The molecule has 2 aromatic carbocycles. The topological polar surface area (TPSA) is 110 Å². The van der Waals surface area contributed by atoms with Crippen LogP contribution in [0.1, 0.15) is 17.3 Å². The van der Waals surface area contributed by atoms with E-state index in [2.05, 4.69) is 5.32 Å². The first-order valence-corrected chi connectivity index (χ1v) is 7.80. The van der Waals surface area contributed by atoms with Crippen molar-refractivity contribution in [2.24, 2.45) is 0 Å². The number of non-ortho nitro benzene ring substituents is 1. The fourth-order valence-corrected chi connectivity index (χ4v) is 2.92. The minimum Gasteiger partial charge on any atom is -0.478 e. The van der Waals surface area contributed by atoms with Crippen LogP contribution in [0.3, 0.4) is 0 Å². The summed E-state index contributed by atoms with van der Waals surface area (Å²) in [7, 11) is 0. The van der Waals surface area contributed by atoms with E-state index < -0.39 is 16.1 Å². The molecule has 0 radical (unpaired) electrons. The highest BCUT2D eigenvalue weighted by molar-refractivity contribution is 8.00. The van der Waals surface area contributed by atoms with E-state index in [0.29, 0.717) is 10.6 Å². The van der Waals surface area contributed by atoms with E-state index in [4.69, 9.17) is 5.11 Å². The van der Waals surface area contributed by atoms with E-state index in [9.17, 15) is 19.7 Å². The summed E-state index contributed by atoms with van der Waals surface area (Å²) in [4.78, 5) is 34.1. The Labute approximate surface area is 141 Å². The summed E-state index contributed by atoms with van der Waals surface area (Å²) in [6.07, 6.45) is 0. The van der Waals surface area contributed by atoms with Crippen molar-refractivity contribution < 1.29 is 19.6 Å². The number of thioether (sulfide) groups is 1. The van der Waals surface area contributed by atoms with Crippen molar-refractivity contribution in [3.8, 4) is 0 Å². The number of hydrogen-bond donors (Lipinski definition) is 2. The molecular weight excluding hydrogens is 332 g/mol. The molecule has 7 nitrogen and oxygen atoms in total. The normalized spacial score (nSPS) is 11.5. The van der Waals surface area contributed by atoms with Crippen molar-refractivity contribution in [2.75, 3.05) is 5.32 Å². The summed E-state index contributed by atoms with van der Waals surface area (Å²) in [6, 6.07) is 12.0. The lowest BCUT2D eigenvalue weighted by molar-refractivity contribution is -0.384. The molecule has 0 spiro atoms. The molecule has 2 rings (SSSR count). The van der Waals surface area contributed by atoms with Gasteiger partial charge in [0.1, 0.15) is 0 Å². The molecule has 1 unspecified atom stereocenters. The van der Waals surface area contributed by atoms with Crippen molar-refractivity contribution in [3.05, 3.63) is 64.2 Å². The third-order valence-electron chi connectivity index (χ3n) is 3.11. The van der Waals surface area contributed by atoms with Crippen LogP contribution in [0.5, 0.6) is 0 Å². The molecule has 0 aliphatic carbocycles. The molecule has 1 atom stereocenters. The van der Waals surface area contributed by atoms with Crippen molar-refractivity contribution in [3.63, 3.8) is 0 Å². The van der Waals surface area contributed by atoms with Crippen LogP contribution in [-0.4, -0.2) is 27.2 Å². The van der Waals surface area contributed by atoms with Gasteiger partial charge in [-0.05, 0) is 25.1 Å². The van der Waals surface area contributed by atoms with Crippen molar-refractivity contribution in [1.29, 1.82) is 0 Å². The highest BCUT2D eigenvalue weighted by Crippen LogP contribution is 2.28. The van der Waals surface area contributed by atoms with Gasteiger partial charge in [0.05, 0.1) is 15.7 Å². The molecule has 8 heteroatoms. The number of rotatable bonds is 6. The first-order valence-electron chi connectivity index (χ1n) is 6.93. The Balaban J connectivity index is 2.09. The smallest absolute Gasteiger partial charge is 0.336 e. The molecule has 0 fully saturated rings. The maximum absolute atomic E-state index is 12.2. The fourth-order valence-electron chi connectivity index (χ4n) is 1.93. The zero-order valence-corrected chi connectivity index (χ0v) is 13.4. The van der Waals surface area contributed by atoms with Crippen LogP contribution in [0.15, 0.2) is 53.4 Å². The van der Waals surface area contributed by atoms with Gasteiger partial charge in [-0.1, -0.05) is 18.2 Å². The van der Waals surface area contributed by atoms with Gasteiger partial charge in [-0.2, -0.15) is 0 Å². The van der Waals surface area contributed by atoms with Crippen LogP contribution in [0, 0.1) is 10.1 Å². The van der Waals surface area contributed by atoms with Crippen LogP contribution in [0.2, 0.25) is 0 Å². The summed E-state index contributed by atoms with van der Waals surface area (Å²) in [5.74, 6) is -1.44. The van der Waals surface area contributed by atoms with Crippen LogP contribution < -0.4 is 5.32 Å². The van der Waals surface area contributed by atoms with Gasteiger partial charge >= 0.3 is 5.97 Å². The first kappa shape index (κ1) is 17.5. The Morgan fingerprint density at radius 1 is 1.21 bits per heavy atom. The van der Waals surface area contributed by atoms with Gasteiger partial charge in [0.25, 0.3) is 5.69 Å². The quantitative estimate of drug-likeness (QED) is 0.471. The molecule has 0 heterocycles. The number of carboxylic acid groups (broad SMARTS) is 1. The molecule has 1 amide bonds. The highest BCUT2D eigenvalue weighted by atomic mass is 32.2. The van der Waals surface area contributed by atoms with E-state index in [1.54, 1.807) is 31.2 Å². The molecule has 0 aliphatic rings. The Bertz CT molecular complexity index is 794. The number of nitrogens with one attached hydrogen (secondary N) is 1. The van der Waals surface area contributed by atoms with Crippen LogP contribution in [0.4, 0.5) is 11.4 Å². The minimum absolute atomic E-state index is 0.121. The second-order valence-electron chi connectivity index (χ2n) is 4.86. The van der Waals surface area contributed by atoms with Crippen molar-refractivity contribution in [1.82, 2.24) is 0 Å². The number of amides is 1. The maximum atomic E-state index is 12.2. The number of nitro benzene ring substituents is 1. The summed E-state index contributed by atoms with van der Waals surface area (Å²) < 4.78 is 0. The fraction of sp³-hybridized carbons (Fsp3) is 0.125. The van der Waals surface area contributed by atoms with Gasteiger partial charge in [0, 0.05) is 22.7 Å². The average Bonchev–Trinajstić information content (AvgIpc) is 2.55. The average molecular weight is 346 g/mol. The number of carbonyl (C=O) groups is 2. The second kappa shape index (κ2) is 7.60. The predicted octanol–water partition coefficient (Wildman–Crippen LogP) is 3.41. The van der Waals surface area contributed by atoms with Gasteiger partial charge in [-0.15, -0.1) is 11.8 Å². The van der Waals surface area contributed by atoms with E-state index in [0.717, 1.165) is 11.8 Å². The van der Waals surface area contributed by atoms with Gasteiger partial charge in [-0.3, -0.25) is 14.9 Å². The second-order valence-corrected chi connectivity index (χ2v) is 6.24. The third-order valence-corrected chi connectivity index (χ3v) is 4.29. The number of nitro groups is 1. The van der Waals surface area contributed by atoms with Gasteiger partial charge < -0.3 is 10.4 Å². The highest BCUT2D eigenvalue weighted by Gasteiger charge is 2.19. The van der Waals surface area contributed by atoms with Crippen molar-refractivity contribution >= 4 is 35.0 Å². The zero-order valence-electron chi connectivity index (χ0n) is 12.6. The number of aromatic carboxylic acids is 1. The standard InChI is InChI=1S/C16H14N2O5S/c1-10(24-14-8-3-2-7-13(14)16(20)21)15(19)17-11-5-4-6-12(9-11)18(22)23/h2-10H,1H3,(H,17,19)(H,20,21). The van der Waals surface area contributed by atoms with Gasteiger partial charge in [0.2, 0.25) is 5.91 Å². The Morgan fingerprint density at radius 3 is 2.58 bits per heavy atom. The van der Waals surface area contributed by atoms with Crippen molar-refractivity contribution in [2.45, 2.75) is 17.1 Å². The predicted molar refractivity (Wildman–Crippen MR) is 90.4 cm³/mol. The molecule has 124 valence electrons. The molecule has 2 N–H and O–H groups in total. The summed E-state index contributed by atoms with van der Waals surface area (Å²) in [5.41, 5.74) is 0.315. The lowest BCUT2D eigenvalue weighted by Gasteiger charge is -2.13. The number of carbonyl (C=O) groups excluding carboxylic acids is 1. The number of anilines is 1. The molecular formula is C16H14N2O5S.